The Labute approximate surface area is 192 Å². The predicted octanol–water partition coefficient (Wildman–Crippen LogP) is 5.84. The second-order valence-corrected chi connectivity index (χ2v) is 8.57. The molecular formula is C23H21ClF4N4O. The Morgan fingerprint density at radius 2 is 1.73 bits per heavy atom. The van der Waals surface area contributed by atoms with Gasteiger partial charge < -0.3 is 10.6 Å². The van der Waals surface area contributed by atoms with Gasteiger partial charge in [0.2, 0.25) is 5.82 Å². The van der Waals surface area contributed by atoms with Crippen molar-refractivity contribution in [2.75, 3.05) is 11.9 Å². The zero-order chi connectivity index (χ0) is 23.6. The van der Waals surface area contributed by atoms with Gasteiger partial charge in [-0.15, -0.1) is 0 Å². The number of fused-ring (bicyclic) bond motifs is 1. The molecule has 1 saturated carbocycles. The Kier molecular flexibility index (Phi) is 6.69. The van der Waals surface area contributed by atoms with Crippen molar-refractivity contribution in [3.63, 3.8) is 0 Å². The molecule has 1 amide bonds. The largest absolute Gasteiger partial charge is 0.451 e. The summed E-state index contributed by atoms with van der Waals surface area (Å²) in [4.78, 5) is 19.6. The van der Waals surface area contributed by atoms with Crippen LogP contribution in [0.3, 0.4) is 0 Å². The molecule has 0 saturated heterocycles. The van der Waals surface area contributed by atoms with Gasteiger partial charge in [-0.2, -0.15) is 13.2 Å². The molecule has 1 aliphatic carbocycles. The van der Waals surface area contributed by atoms with Crippen LogP contribution in [0.1, 0.15) is 41.9 Å². The monoisotopic (exact) mass is 480 g/mol. The molecule has 0 bridgehead atoms. The van der Waals surface area contributed by atoms with Crippen LogP contribution in [0.5, 0.6) is 0 Å². The highest BCUT2D eigenvalue weighted by Gasteiger charge is 2.35. The van der Waals surface area contributed by atoms with E-state index in [9.17, 15) is 22.4 Å². The molecule has 0 atom stereocenters. The van der Waals surface area contributed by atoms with Crippen LogP contribution in [0.4, 0.5) is 23.4 Å². The van der Waals surface area contributed by atoms with Gasteiger partial charge in [0.05, 0.1) is 5.52 Å². The van der Waals surface area contributed by atoms with Crippen molar-refractivity contribution in [2.45, 2.75) is 37.9 Å². The molecule has 33 heavy (non-hydrogen) atoms. The van der Waals surface area contributed by atoms with Crippen molar-refractivity contribution in [3.05, 3.63) is 64.7 Å². The quantitative estimate of drug-likeness (QED) is 0.450. The number of hydrogen-bond acceptors (Lipinski definition) is 4. The molecule has 0 unspecified atom stereocenters. The number of carbonyl (C=O) groups is 1. The first kappa shape index (κ1) is 23.2. The molecule has 4 rings (SSSR count). The lowest BCUT2D eigenvalue weighted by atomic mass is 9.86. The fraction of sp³-hybridized carbons (Fsp3) is 0.348. The Bertz CT molecular complexity index is 1150. The molecule has 2 aromatic carbocycles. The van der Waals surface area contributed by atoms with Gasteiger partial charge in [0.15, 0.2) is 0 Å². The highest BCUT2D eigenvalue weighted by molar-refractivity contribution is 6.31. The van der Waals surface area contributed by atoms with E-state index < -0.39 is 17.8 Å². The van der Waals surface area contributed by atoms with E-state index in [1.807, 2.05) is 0 Å². The third-order valence-corrected chi connectivity index (χ3v) is 5.99. The van der Waals surface area contributed by atoms with Gasteiger partial charge in [-0.1, -0.05) is 11.6 Å². The number of carbonyl (C=O) groups excluding carboxylic acids is 1. The number of halogens is 5. The molecule has 5 nitrogen and oxygen atoms in total. The smallest absolute Gasteiger partial charge is 0.369 e. The lowest BCUT2D eigenvalue weighted by Gasteiger charge is -2.29. The number of hydrogen-bond donors (Lipinski definition) is 2. The summed E-state index contributed by atoms with van der Waals surface area (Å²) in [6.07, 6.45) is -1.60. The highest BCUT2D eigenvalue weighted by Crippen LogP contribution is 2.32. The molecule has 2 N–H and O–H groups in total. The summed E-state index contributed by atoms with van der Waals surface area (Å²) in [5.74, 6) is -1.54. The van der Waals surface area contributed by atoms with E-state index in [4.69, 9.17) is 11.6 Å². The first-order valence-corrected chi connectivity index (χ1v) is 10.9. The molecule has 0 spiro atoms. The van der Waals surface area contributed by atoms with Gasteiger partial charge >= 0.3 is 6.18 Å². The number of nitrogens with one attached hydrogen (secondary N) is 2. The van der Waals surface area contributed by atoms with Crippen molar-refractivity contribution in [1.29, 1.82) is 0 Å². The van der Waals surface area contributed by atoms with Gasteiger partial charge in [0.1, 0.15) is 11.6 Å². The SMILES string of the molecule is O=C(NC1CCC(CNc2nc(C(F)(F)F)nc3ccc(Cl)cc23)CC1)c1ccc(F)cc1. The number of amides is 1. The van der Waals surface area contributed by atoms with Crippen LogP contribution < -0.4 is 10.6 Å². The zero-order valence-corrected chi connectivity index (χ0v) is 18.2. The molecule has 174 valence electrons. The van der Waals surface area contributed by atoms with E-state index in [1.54, 1.807) is 6.07 Å². The summed E-state index contributed by atoms with van der Waals surface area (Å²) < 4.78 is 52.7. The molecule has 10 heteroatoms. The molecule has 0 radical (unpaired) electrons. The molecule has 3 aromatic rings. The van der Waals surface area contributed by atoms with Crippen LogP contribution in [0.2, 0.25) is 5.02 Å². The average molecular weight is 481 g/mol. The lowest BCUT2D eigenvalue weighted by molar-refractivity contribution is -0.144. The molecule has 1 aliphatic rings. The van der Waals surface area contributed by atoms with E-state index in [1.165, 1.54) is 36.4 Å². The standard InChI is InChI=1S/C23H21ClF4N4O/c24-15-5-10-19-18(11-15)20(32-22(31-19)23(26,27)28)29-12-13-1-8-17(9-2-13)30-21(33)14-3-6-16(25)7-4-14/h3-7,10-11,13,17H,1-2,8-9,12H2,(H,30,33)(H,29,31,32). The van der Waals surface area contributed by atoms with E-state index in [0.717, 1.165) is 25.7 Å². The van der Waals surface area contributed by atoms with E-state index in [2.05, 4.69) is 20.6 Å². The van der Waals surface area contributed by atoms with Crippen molar-refractivity contribution >= 4 is 34.2 Å². The van der Waals surface area contributed by atoms with Crippen molar-refractivity contribution in [3.8, 4) is 0 Å². The van der Waals surface area contributed by atoms with E-state index >= 15 is 0 Å². The fourth-order valence-electron chi connectivity index (χ4n) is 3.98. The van der Waals surface area contributed by atoms with Crippen molar-refractivity contribution in [1.82, 2.24) is 15.3 Å². The summed E-state index contributed by atoms with van der Waals surface area (Å²) in [6.45, 7) is 0.439. The summed E-state index contributed by atoms with van der Waals surface area (Å²) in [7, 11) is 0. The minimum Gasteiger partial charge on any atom is -0.369 e. The van der Waals surface area contributed by atoms with Gasteiger partial charge in [0.25, 0.3) is 5.91 Å². The second kappa shape index (κ2) is 9.51. The molecule has 1 aromatic heterocycles. The van der Waals surface area contributed by atoms with Crippen LogP contribution in [0.15, 0.2) is 42.5 Å². The maximum atomic E-state index is 13.2. The van der Waals surface area contributed by atoms with Crippen LogP contribution in [-0.4, -0.2) is 28.5 Å². The maximum Gasteiger partial charge on any atom is 0.451 e. The number of benzene rings is 2. The number of rotatable bonds is 5. The molecular weight excluding hydrogens is 460 g/mol. The van der Waals surface area contributed by atoms with E-state index in [-0.39, 0.29) is 29.2 Å². The number of nitrogens with zero attached hydrogens (tertiary/aromatic N) is 2. The van der Waals surface area contributed by atoms with Crippen LogP contribution in [0, 0.1) is 11.7 Å². The Morgan fingerprint density at radius 1 is 1.03 bits per heavy atom. The first-order chi connectivity index (χ1) is 15.7. The molecule has 1 heterocycles. The third kappa shape index (κ3) is 5.71. The highest BCUT2D eigenvalue weighted by atomic mass is 35.5. The van der Waals surface area contributed by atoms with Crippen LogP contribution in [-0.2, 0) is 6.18 Å². The van der Waals surface area contributed by atoms with E-state index in [0.29, 0.717) is 22.5 Å². The van der Waals surface area contributed by atoms with Crippen molar-refractivity contribution in [2.24, 2.45) is 5.92 Å². The van der Waals surface area contributed by atoms with Gasteiger partial charge in [-0.25, -0.2) is 14.4 Å². The van der Waals surface area contributed by atoms with Crippen LogP contribution in [0.25, 0.3) is 10.9 Å². The van der Waals surface area contributed by atoms with Gasteiger partial charge in [-0.3, -0.25) is 4.79 Å². The number of anilines is 1. The predicted molar refractivity (Wildman–Crippen MR) is 118 cm³/mol. The maximum absolute atomic E-state index is 13.2. The van der Waals surface area contributed by atoms with Gasteiger partial charge in [-0.05, 0) is 74.1 Å². The minimum atomic E-state index is -4.66. The third-order valence-electron chi connectivity index (χ3n) is 5.76. The van der Waals surface area contributed by atoms with Crippen molar-refractivity contribution < 1.29 is 22.4 Å². The fourth-order valence-corrected chi connectivity index (χ4v) is 4.16. The van der Waals surface area contributed by atoms with Crippen LogP contribution >= 0.6 is 11.6 Å². The lowest BCUT2D eigenvalue weighted by Crippen LogP contribution is -2.38. The minimum absolute atomic E-state index is 0.00526. The molecule has 1 fully saturated rings. The number of aromatic nitrogens is 2. The van der Waals surface area contributed by atoms with Gasteiger partial charge in [0, 0.05) is 28.6 Å². The summed E-state index contributed by atoms with van der Waals surface area (Å²) in [5, 5.41) is 6.82. The second-order valence-electron chi connectivity index (χ2n) is 8.13. The Morgan fingerprint density at radius 3 is 2.39 bits per heavy atom. The zero-order valence-electron chi connectivity index (χ0n) is 17.4. The number of alkyl halides is 3. The normalized spacial score (nSPS) is 18.8. The summed E-state index contributed by atoms with van der Waals surface area (Å²) >= 11 is 6.02. The first-order valence-electron chi connectivity index (χ1n) is 10.5. The Hall–Kier alpha value is -2.94. The Balaban J connectivity index is 1.37. The average Bonchev–Trinajstić information content (AvgIpc) is 2.78. The summed E-state index contributed by atoms with van der Waals surface area (Å²) in [6, 6.07) is 9.83. The summed E-state index contributed by atoms with van der Waals surface area (Å²) in [5.41, 5.74) is 0.561. The topological polar surface area (TPSA) is 66.9 Å². The molecule has 0 aliphatic heterocycles.